The quantitative estimate of drug-likeness (QED) is 0.434. The van der Waals surface area contributed by atoms with Gasteiger partial charge in [-0.1, -0.05) is 37.8 Å². The number of aliphatic hydroxyl groups is 2. The highest BCUT2D eigenvalue weighted by Gasteiger charge is 2.46. The van der Waals surface area contributed by atoms with Crippen molar-refractivity contribution < 1.29 is 29.2 Å². The maximum atomic E-state index is 13.4. The minimum Gasteiger partial charge on any atom is -0.394 e. The summed E-state index contributed by atoms with van der Waals surface area (Å²) >= 11 is 1.47. The van der Waals surface area contributed by atoms with Crippen LogP contribution in [0.3, 0.4) is 0 Å². The van der Waals surface area contributed by atoms with Gasteiger partial charge in [0.25, 0.3) is 0 Å². The number of allylic oxidation sites excluding steroid dienone is 1. The van der Waals surface area contributed by atoms with Gasteiger partial charge in [0.15, 0.2) is 0 Å². The van der Waals surface area contributed by atoms with Crippen LogP contribution in [0.2, 0.25) is 0 Å². The Kier molecular flexibility index (Phi) is 9.12. The molecule has 33 heavy (non-hydrogen) atoms. The molecule has 1 amide bonds. The molecule has 3 saturated heterocycles. The predicted octanol–water partition coefficient (Wildman–Crippen LogP) is 1.40. The number of hydrogen-bond donors (Lipinski definition) is 4. The van der Waals surface area contributed by atoms with Crippen molar-refractivity contribution in [2.45, 2.75) is 88.1 Å². The van der Waals surface area contributed by atoms with Gasteiger partial charge in [0.2, 0.25) is 11.5 Å². The molecule has 4 heterocycles. The molecule has 8 nitrogen and oxygen atoms in total. The molecule has 188 valence electrons. The van der Waals surface area contributed by atoms with E-state index >= 15 is 0 Å². The van der Waals surface area contributed by atoms with Crippen LogP contribution in [0.1, 0.15) is 46.0 Å². The topological polar surface area (TPSA) is 109 Å². The molecule has 9 atom stereocenters. The van der Waals surface area contributed by atoms with Crippen LogP contribution in [0.25, 0.3) is 0 Å². The molecule has 4 N–H and O–H groups in total. The predicted molar refractivity (Wildman–Crippen MR) is 127 cm³/mol. The smallest absolute Gasteiger partial charge is 0.240 e. The first-order valence-corrected chi connectivity index (χ1v) is 13.5. The largest absolute Gasteiger partial charge is 0.394 e. The van der Waals surface area contributed by atoms with Crippen molar-refractivity contribution in [2.75, 3.05) is 25.5 Å². The molecule has 0 radical (unpaired) electrons. The Morgan fingerprint density at radius 3 is 2.88 bits per heavy atom. The Hall–Kier alpha value is -0.680. The van der Waals surface area contributed by atoms with Crippen LogP contribution in [0.4, 0.5) is 0 Å². The molecule has 4 aliphatic rings. The van der Waals surface area contributed by atoms with Crippen molar-refractivity contribution in [3.63, 3.8) is 0 Å². The highest BCUT2D eigenvalue weighted by molar-refractivity contribution is 7.99. The third-order valence-electron chi connectivity index (χ3n) is 7.27. The summed E-state index contributed by atoms with van der Waals surface area (Å²) < 4.78 is 17.9. The summed E-state index contributed by atoms with van der Waals surface area (Å²) in [5.74, 6) is 2.26. The Morgan fingerprint density at radius 1 is 1.24 bits per heavy atom. The Morgan fingerprint density at radius 2 is 2.09 bits per heavy atom. The average Bonchev–Trinajstić information content (AvgIpc) is 3.07. The first-order valence-electron chi connectivity index (χ1n) is 12.5. The van der Waals surface area contributed by atoms with Gasteiger partial charge < -0.3 is 35.1 Å². The van der Waals surface area contributed by atoms with Crippen LogP contribution in [0.15, 0.2) is 12.2 Å². The van der Waals surface area contributed by atoms with Crippen LogP contribution in [-0.4, -0.2) is 83.8 Å². The summed E-state index contributed by atoms with van der Waals surface area (Å²) in [6.45, 7) is 5.70. The van der Waals surface area contributed by atoms with Crippen molar-refractivity contribution in [2.24, 2.45) is 17.8 Å². The number of ether oxygens (including phenoxy) is 3. The number of thioether (sulfide) groups is 1. The molecule has 0 aromatic rings. The van der Waals surface area contributed by atoms with Crippen molar-refractivity contribution in [1.82, 2.24) is 10.6 Å². The lowest BCUT2D eigenvalue weighted by molar-refractivity contribution is -0.260. The van der Waals surface area contributed by atoms with Gasteiger partial charge in [-0.2, -0.15) is 0 Å². The second kappa shape index (κ2) is 11.8. The van der Waals surface area contributed by atoms with Crippen molar-refractivity contribution >= 4 is 17.7 Å². The number of carbonyl (C=O) groups excluding carboxylic acids is 1. The number of nitrogens with one attached hydrogen (secondary N) is 2. The molecule has 0 aromatic carbocycles. The van der Waals surface area contributed by atoms with Crippen LogP contribution < -0.4 is 10.6 Å². The third-order valence-corrected chi connectivity index (χ3v) is 8.15. The molecule has 9 heteroatoms. The van der Waals surface area contributed by atoms with Gasteiger partial charge in [-0.05, 0) is 49.9 Å². The van der Waals surface area contributed by atoms with Gasteiger partial charge in [0, 0.05) is 18.9 Å². The molecule has 0 spiro atoms. The fraction of sp³-hybridized carbons (Fsp3) is 0.875. The minimum atomic E-state index is -1.02. The van der Waals surface area contributed by atoms with Gasteiger partial charge in [-0.15, -0.1) is 0 Å². The zero-order chi connectivity index (χ0) is 23.4. The molecular formula is C24H40N2O6S. The molecular weight excluding hydrogens is 444 g/mol. The first kappa shape index (κ1) is 25.4. The minimum absolute atomic E-state index is 0.108. The van der Waals surface area contributed by atoms with Gasteiger partial charge >= 0.3 is 0 Å². The molecule has 0 saturated carbocycles. The van der Waals surface area contributed by atoms with E-state index < -0.39 is 36.0 Å². The Balaban J connectivity index is 1.43. The molecule has 4 unspecified atom stereocenters. The lowest BCUT2D eigenvalue weighted by Gasteiger charge is -2.42. The van der Waals surface area contributed by atoms with E-state index in [0.717, 1.165) is 31.6 Å². The van der Waals surface area contributed by atoms with Crippen LogP contribution >= 0.6 is 11.8 Å². The summed E-state index contributed by atoms with van der Waals surface area (Å²) in [5, 5.41) is 27.1. The highest BCUT2D eigenvalue weighted by atomic mass is 32.2. The Bertz CT molecular complexity index is 679. The highest BCUT2D eigenvalue weighted by Crippen LogP contribution is 2.34. The van der Waals surface area contributed by atoms with E-state index in [4.69, 9.17) is 14.2 Å². The van der Waals surface area contributed by atoms with E-state index in [-0.39, 0.29) is 18.6 Å². The fourth-order valence-corrected chi connectivity index (χ4v) is 6.53. The SMILES string of the molecule is CC(C)C[C@@H]1CCO[C@@H]2[C@H](CN[C@@H]2C(=O)N[C@@H]2CC/C=C\CSC3OC(CO)C(O)C2O3)C1. The molecule has 0 aromatic heterocycles. The molecule has 4 rings (SSSR count). The standard InChI is InChI=1S/C24H40N2O6S/c1-14(2)10-15-7-8-30-21-16(11-15)12-25-19(21)23(29)26-17-6-4-3-5-9-33-24-31-18(13-27)20(28)22(17)32-24/h3,5,14-22,24-25,27-28H,4,6-13H2,1-2H3,(H,26,29)/b5-3-/t15-,16-,17+,18?,19-,20?,21+,22?,24?/m0/s1. The second-order valence-electron chi connectivity index (χ2n) is 10.2. The van der Waals surface area contributed by atoms with E-state index in [1.807, 2.05) is 0 Å². The van der Waals surface area contributed by atoms with Gasteiger partial charge in [-0.3, -0.25) is 4.79 Å². The number of rotatable bonds is 5. The summed E-state index contributed by atoms with van der Waals surface area (Å²) in [6, 6.07) is -0.800. The number of carbonyl (C=O) groups is 1. The number of amides is 1. The lowest BCUT2D eigenvalue weighted by atomic mass is 9.85. The summed E-state index contributed by atoms with van der Waals surface area (Å²) in [5.41, 5.74) is -0.588. The van der Waals surface area contributed by atoms with Crippen LogP contribution in [0, 0.1) is 17.8 Å². The molecule has 3 fully saturated rings. The normalized spacial score (nSPS) is 42.9. The average molecular weight is 485 g/mol. The van der Waals surface area contributed by atoms with E-state index in [2.05, 4.69) is 36.6 Å². The molecule has 4 aliphatic heterocycles. The van der Waals surface area contributed by atoms with Crippen molar-refractivity contribution in [1.29, 1.82) is 0 Å². The van der Waals surface area contributed by atoms with E-state index in [9.17, 15) is 15.0 Å². The van der Waals surface area contributed by atoms with E-state index in [1.54, 1.807) is 0 Å². The van der Waals surface area contributed by atoms with Gasteiger partial charge in [-0.25, -0.2) is 0 Å². The van der Waals surface area contributed by atoms with Gasteiger partial charge in [0.1, 0.15) is 24.4 Å². The maximum Gasteiger partial charge on any atom is 0.240 e. The fourth-order valence-electron chi connectivity index (χ4n) is 5.70. The lowest BCUT2D eigenvalue weighted by Crippen LogP contribution is -2.61. The summed E-state index contributed by atoms with van der Waals surface area (Å²) in [7, 11) is 0. The monoisotopic (exact) mass is 484 g/mol. The zero-order valence-electron chi connectivity index (χ0n) is 19.7. The third kappa shape index (κ3) is 6.31. The van der Waals surface area contributed by atoms with Crippen molar-refractivity contribution in [3.05, 3.63) is 12.2 Å². The maximum absolute atomic E-state index is 13.4. The van der Waals surface area contributed by atoms with E-state index in [1.165, 1.54) is 18.2 Å². The van der Waals surface area contributed by atoms with Crippen molar-refractivity contribution in [3.8, 4) is 0 Å². The van der Waals surface area contributed by atoms with Crippen LogP contribution in [0.5, 0.6) is 0 Å². The van der Waals surface area contributed by atoms with Gasteiger partial charge in [0.05, 0.1) is 18.8 Å². The van der Waals surface area contributed by atoms with E-state index in [0.29, 0.717) is 30.8 Å². The number of hydrogen-bond acceptors (Lipinski definition) is 8. The second-order valence-corrected chi connectivity index (χ2v) is 11.3. The zero-order valence-corrected chi connectivity index (χ0v) is 20.5. The molecule has 0 aliphatic carbocycles. The summed E-state index contributed by atoms with van der Waals surface area (Å²) in [4.78, 5) is 13.4. The molecule has 2 bridgehead atoms. The van der Waals surface area contributed by atoms with Crippen LogP contribution in [-0.2, 0) is 19.0 Å². The first-order chi connectivity index (χ1) is 16.0. The Labute approximate surface area is 201 Å². The summed E-state index contributed by atoms with van der Waals surface area (Å²) in [6.07, 6.45) is 6.37. The number of aliphatic hydroxyl groups excluding tert-OH is 2. The number of fused-ring (bicyclic) bond motifs is 3.